The van der Waals surface area contributed by atoms with Gasteiger partial charge in [0.15, 0.2) is 0 Å². The highest BCUT2D eigenvalue weighted by Crippen LogP contribution is 2.55. The predicted molar refractivity (Wildman–Crippen MR) is 260 cm³/mol. The minimum absolute atomic E-state index is 0.123. The molecule has 1 heteroatoms. The third kappa shape index (κ3) is 5.40. The molecule has 0 bridgehead atoms. The van der Waals surface area contributed by atoms with Gasteiger partial charge in [0.1, 0.15) is 0 Å². The van der Waals surface area contributed by atoms with Crippen LogP contribution in [0.1, 0.15) is 49.9 Å². The number of rotatable bonds is 5. The number of para-hydroxylation sites is 1. The van der Waals surface area contributed by atoms with E-state index in [2.05, 4.69) is 233 Å². The lowest BCUT2D eigenvalue weighted by atomic mass is 9.81. The van der Waals surface area contributed by atoms with Crippen molar-refractivity contribution >= 4 is 49.4 Å². The summed E-state index contributed by atoms with van der Waals surface area (Å²) in [6.45, 7) is 9.56. The van der Waals surface area contributed by atoms with Gasteiger partial charge in [0, 0.05) is 27.8 Å². The minimum Gasteiger partial charge on any atom is -0.310 e. The Morgan fingerprint density at radius 3 is 1.61 bits per heavy atom. The molecule has 0 fully saturated rings. The molecule has 0 saturated heterocycles. The molecule has 0 aliphatic heterocycles. The smallest absolute Gasteiger partial charge is 0.0540 e. The Morgan fingerprint density at radius 2 is 0.836 bits per heavy atom. The zero-order valence-corrected chi connectivity index (χ0v) is 35.0. The molecule has 0 atom stereocenters. The first-order valence-corrected chi connectivity index (χ1v) is 21.6. The van der Waals surface area contributed by atoms with E-state index in [9.17, 15) is 0 Å². The van der Waals surface area contributed by atoms with Crippen LogP contribution in [0.3, 0.4) is 0 Å². The fourth-order valence-corrected chi connectivity index (χ4v) is 10.7. The van der Waals surface area contributed by atoms with Crippen molar-refractivity contribution in [1.82, 2.24) is 0 Å². The lowest BCUT2D eigenvalue weighted by Crippen LogP contribution is -2.17. The summed E-state index contributed by atoms with van der Waals surface area (Å²) in [5, 5.41) is 7.69. The van der Waals surface area contributed by atoms with E-state index in [0.717, 1.165) is 17.1 Å². The van der Waals surface area contributed by atoms with Crippen molar-refractivity contribution < 1.29 is 0 Å². The molecule has 0 saturated carbocycles. The van der Waals surface area contributed by atoms with Crippen molar-refractivity contribution in [2.45, 2.75) is 38.5 Å². The maximum atomic E-state index is 2.50. The molecule has 0 unspecified atom stereocenters. The monoisotopic (exact) mass is 779 g/mol. The normalized spacial score (nSPS) is 14.2. The largest absolute Gasteiger partial charge is 0.310 e. The van der Waals surface area contributed by atoms with E-state index in [1.165, 1.54) is 99.1 Å². The fraction of sp³-hybridized carbons (Fsp3) is 0.100. The molecular weight excluding hydrogens is 735 g/mol. The van der Waals surface area contributed by atoms with Crippen LogP contribution in [0.4, 0.5) is 17.1 Å². The van der Waals surface area contributed by atoms with E-state index in [1.807, 2.05) is 0 Å². The van der Waals surface area contributed by atoms with Crippen LogP contribution in [-0.2, 0) is 10.8 Å². The van der Waals surface area contributed by atoms with Gasteiger partial charge in [-0.2, -0.15) is 0 Å². The molecule has 2 aliphatic carbocycles. The Labute approximate surface area is 358 Å². The molecule has 0 radical (unpaired) electrons. The standard InChI is InChI=1S/C60H45N/c1-59(2)53-31-27-40-16-10-11-20-49(40)58(53)50-30-29-47(37-56(50)59)61(57-21-13-12-19-48(57)41-24-22-39(23-25-41)38-14-6-5-7-15-38)46-28-26-44-34-52-51-33-42-17-8-9-18-43(42)35-54(51)60(3,4)55(52)36-45(44)32-46/h5-37H,1-4H3. The summed E-state index contributed by atoms with van der Waals surface area (Å²) in [7, 11) is 0. The molecule has 0 spiro atoms. The van der Waals surface area contributed by atoms with Crippen molar-refractivity contribution in [2.24, 2.45) is 0 Å². The number of hydrogen-bond acceptors (Lipinski definition) is 1. The summed E-state index contributed by atoms with van der Waals surface area (Å²) < 4.78 is 0. The first-order chi connectivity index (χ1) is 29.7. The van der Waals surface area contributed by atoms with Crippen LogP contribution in [0.2, 0.25) is 0 Å². The van der Waals surface area contributed by atoms with E-state index < -0.39 is 0 Å². The Kier molecular flexibility index (Phi) is 7.69. The number of nitrogens with zero attached hydrogens (tertiary/aromatic N) is 1. The molecular formula is C60H45N. The van der Waals surface area contributed by atoms with Gasteiger partial charge in [-0.15, -0.1) is 0 Å². The molecule has 10 aromatic carbocycles. The Hall–Kier alpha value is -7.22. The summed E-state index contributed by atoms with van der Waals surface area (Å²) in [6.07, 6.45) is 0. The average Bonchev–Trinajstić information content (AvgIpc) is 3.66. The highest BCUT2D eigenvalue weighted by atomic mass is 15.1. The van der Waals surface area contributed by atoms with Crippen LogP contribution in [0.15, 0.2) is 200 Å². The molecule has 0 heterocycles. The van der Waals surface area contributed by atoms with Gasteiger partial charge in [-0.05, 0) is 148 Å². The molecule has 1 nitrogen and oxygen atoms in total. The Morgan fingerprint density at radius 1 is 0.311 bits per heavy atom. The molecule has 12 rings (SSSR count). The maximum absolute atomic E-state index is 2.50. The first-order valence-electron chi connectivity index (χ1n) is 21.6. The Balaban J connectivity index is 1.05. The molecule has 0 aromatic heterocycles. The molecule has 290 valence electrons. The number of fused-ring (bicyclic) bond motifs is 10. The minimum atomic E-state index is -0.168. The number of anilines is 3. The second-order valence-electron chi connectivity index (χ2n) is 18.2. The zero-order valence-electron chi connectivity index (χ0n) is 35.0. The van der Waals surface area contributed by atoms with Crippen LogP contribution in [0.25, 0.3) is 76.8 Å². The van der Waals surface area contributed by atoms with Crippen molar-refractivity contribution in [3.05, 3.63) is 222 Å². The van der Waals surface area contributed by atoms with E-state index >= 15 is 0 Å². The second kappa shape index (κ2) is 13.1. The Bertz CT molecular complexity index is 3400. The second-order valence-corrected chi connectivity index (χ2v) is 18.2. The number of hydrogen-bond donors (Lipinski definition) is 0. The summed E-state index contributed by atoms with van der Waals surface area (Å²) >= 11 is 0. The van der Waals surface area contributed by atoms with E-state index in [1.54, 1.807) is 0 Å². The number of benzene rings is 10. The first kappa shape index (κ1) is 35.7. The molecule has 2 aliphatic rings. The van der Waals surface area contributed by atoms with Gasteiger partial charge >= 0.3 is 0 Å². The zero-order chi connectivity index (χ0) is 41.0. The van der Waals surface area contributed by atoms with E-state index in [0.29, 0.717) is 0 Å². The van der Waals surface area contributed by atoms with Gasteiger partial charge in [-0.1, -0.05) is 173 Å². The van der Waals surface area contributed by atoms with Gasteiger partial charge in [0.2, 0.25) is 0 Å². The highest BCUT2D eigenvalue weighted by Gasteiger charge is 2.38. The molecule has 0 N–H and O–H groups in total. The van der Waals surface area contributed by atoms with Gasteiger partial charge < -0.3 is 4.90 Å². The van der Waals surface area contributed by atoms with Crippen LogP contribution in [-0.4, -0.2) is 0 Å². The van der Waals surface area contributed by atoms with Crippen LogP contribution in [0, 0.1) is 0 Å². The van der Waals surface area contributed by atoms with Crippen LogP contribution >= 0.6 is 0 Å². The highest BCUT2D eigenvalue weighted by molar-refractivity contribution is 6.04. The van der Waals surface area contributed by atoms with Gasteiger partial charge in [-0.25, -0.2) is 0 Å². The van der Waals surface area contributed by atoms with Crippen molar-refractivity contribution in [2.75, 3.05) is 4.90 Å². The van der Waals surface area contributed by atoms with Gasteiger partial charge in [0.25, 0.3) is 0 Å². The van der Waals surface area contributed by atoms with Crippen molar-refractivity contribution in [1.29, 1.82) is 0 Å². The summed E-state index contributed by atoms with van der Waals surface area (Å²) in [5.41, 5.74) is 18.9. The van der Waals surface area contributed by atoms with Crippen LogP contribution in [0.5, 0.6) is 0 Å². The van der Waals surface area contributed by atoms with Crippen LogP contribution < -0.4 is 4.90 Å². The lowest BCUT2D eigenvalue weighted by molar-refractivity contribution is 0.661. The molecule has 61 heavy (non-hydrogen) atoms. The quantitative estimate of drug-likeness (QED) is 0.168. The maximum Gasteiger partial charge on any atom is 0.0540 e. The predicted octanol–water partition coefficient (Wildman–Crippen LogP) is 16.6. The van der Waals surface area contributed by atoms with Gasteiger partial charge in [0.05, 0.1) is 5.69 Å². The van der Waals surface area contributed by atoms with E-state index in [4.69, 9.17) is 0 Å². The summed E-state index contributed by atoms with van der Waals surface area (Å²) in [4.78, 5) is 2.50. The third-order valence-electron chi connectivity index (χ3n) is 14.0. The summed E-state index contributed by atoms with van der Waals surface area (Å²) in [5.74, 6) is 0. The fourth-order valence-electron chi connectivity index (χ4n) is 10.7. The topological polar surface area (TPSA) is 3.24 Å². The van der Waals surface area contributed by atoms with Crippen molar-refractivity contribution in [3.8, 4) is 44.5 Å². The SMILES string of the molecule is CC1(C)c2cc3ccccc3cc2-c2cc3ccc(N(c4ccc5c(c4)C(C)(C)c4ccc6ccccc6c4-5)c4ccccc4-c4ccc(-c5ccccc5)cc4)cc3cc21. The summed E-state index contributed by atoms with van der Waals surface area (Å²) in [6, 6.07) is 74.9. The molecule has 10 aromatic rings. The molecule has 0 amide bonds. The van der Waals surface area contributed by atoms with Gasteiger partial charge in [-0.3, -0.25) is 0 Å². The van der Waals surface area contributed by atoms with E-state index in [-0.39, 0.29) is 10.8 Å². The van der Waals surface area contributed by atoms with Crippen molar-refractivity contribution in [3.63, 3.8) is 0 Å². The lowest BCUT2D eigenvalue weighted by Gasteiger charge is -2.30. The third-order valence-corrected chi connectivity index (χ3v) is 14.0. The average molecular weight is 780 g/mol.